The molecule has 0 radical (unpaired) electrons. The lowest BCUT2D eigenvalue weighted by Gasteiger charge is -1.96. The van der Waals surface area contributed by atoms with Crippen molar-refractivity contribution in [3.05, 3.63) is 46.4 Å². The van der Waals surface area contributed by atoms with Gasteiger partial charge in [0.25, 0.3) is 6.20 Å². The maximum absolute atomic E-state index is 10.7. The highest BCUT2D eigenvalue weighted by Gasteiger charge is 2.08. The van der Waals surface area contributed by atoms with Gasteiger partial charge in [-0.05, 0) is 6.07 Å². The molecule has 0 fully saturated rings. The standard InChI is InChI=1S/C9H5N3O2/c10-5-7-3-1-2-4-8(7)12-6-9(13)14-11-12/h1-4,6H. The number of benzene rings is 1. The van der Waals surface area contributed by atoms with Gasteiger partial charge < -0.3 is 4.52 Å². The predicted molar refractivity (Wildman–Crippen MR) is 44.5 cm³/mol. The van der Waals surface area contributed by atoms with Gasteiger partial charge in [-0.2, -0.15) is 5.26 Å². The Hall–Kier alpha value is -2.35. The number of rotatable bonds is 1. The number of hydrogen-bond acceptors (Lipinski definition) is 3. The average molecular weight is 187 g/mol. The summed E-state index contributed by atoms with van der Waals surface area (Å²) in [4.78, 5) is 10.7. The van der Waals surface area contributed by atoms with Gasteiger partial charge in [0.05, 0.1) is 0 Å². The first-order chi connectivity index (χ1) is 6.81. The molecule has 68 valence electrons. The van der Waals surface area contributed by atoms with Crippen LogP contribution in [-0.4, -0.2) is 0 Å². The molecule has 0 bridgehead atoms. The maximum atomic E-state index is 10.7. The largest absolute Gasteiger partial charge is 0.471 e. The minimum absolute atomic E-state index is 0.436. The minimum atomic E-state index is -0.544. The third-order valence-electron chi connectivity index (χ3n) is 1.72. The molecule has 0 unspecified atom stereocenters. The quantitative estimate of drug-likeness (QED) is 0.577. The summed E-state index contributed by atoms with van der Waals surface area (Å²) in [5.41, 5.74) is 0.421. The average Bonchev–Trinajstić information content (AvgIpc) is 2.65. The zero-order valence-corrected chi connectivity index (χ0v) is 7.04. The molecule has 5 nitrogen and oxygen atoms in total. The van der Waals surface area contributed by atoms with E-state index in [-0.39, 0.29) is 0 Å². The molecule has 2 rings (SSSR count). The zero-order valence-electron chi connectivity index (χ0n) is 7.04. The van der Waals surface area contributed by atoms with Crippen LogP contribution in [0.3, 0.4) is 0 Å². The van der Waals surface area contributed by atoms with Crippen LogP contribution in [0.5, 0.6) is 0 Å². The van der Waals surface area contributed by atoms with Gasteiger partial charge in [-0.1, -0.05) is 12.1 Å². The molecular formula is C9H5N3O2. The highest BCUT2D eigenvalue weighted by Crippen LogP contribution is 2.04. The molecule has 2 aromatic rings. The second-order valence-electron chi connectivity index (χ2n) is 2.59. The molecule has 0 saturated carbocycles. The van der Waals surface area contributed by atoms with E-state index in [1.807, 2.05) is 6.07 Å². The molecule has 0 aliphatic heterocycles. The summed E-state index contributed by atoms with van der Waals surface area (Å²) < 4.78 is 5.60. The molecule has 5 heteroatoms. The van der Waals surface area contributed by atoms with Crippen molar-refractivity contribution in [3.8, 4) is 11.8 Å². The van der Waals surface area contributed by atoms with Crippen molar-refractivity contribution >= 4 is 0 Å². The summed E-state index contributed by atoms with van der Waals surface area (Å²) in [6.45, 7) is 0. The third kappa shape index (κ3) is 1.29. The van der Waals surface area contributed by atoms with Gasteiger partial charge in [-0.15, -0.1) is 0 Å². The first-order valence-corrected chi connectivity index (χ1v) is 3.86. The number of aromatic nitrogens is 2. The summed E-state index contributed by atoms with van der Waals surface area (Å²) >= 11 is 0. The van der Waals surface area contributed by atoms with E-state index in [0.29, 0.717) is 11.3 Å². The molecule has 0 N–H and O–H groups in total. The highest BCUT2D eigenvalue weighted by atomic mass is 16.5. The second kappa shape index (κ2) is 3.18. The first kappa shape index (κ1) is 8.26. The molecule has 0 spiro atoms. The Morgan fingerprint density at radius 1 is 1.43 bits per heavy atom. The van der Waals surface area contributed by atoms with Crippen LogP contribution in [-0.2, 0) is 0 Å². The van der Waals surface area contributed by atoms with Crippen LogP contribution in [0.25, 0.3) is 5.69 Å². The van der Waals surface area contributed by atoms with E-state index in [2.05, 4.69) is 9.79 Å². The number of hydrogen-bond donors (Lipinski definition) is 0. The van der Waals surface area contributed by atoms with Crippen LogP contribution in [0.2, 0.25) is 0 Å². The first-order valence-electron chi connectivity index (χ1n) is 3.86. The van der Waals surface area contributed by atoms with Crippen LogP contribution in [0.4, 0.5) is 0 Å². The summed E-state index contributed by atoms with van der Waals surface area (Å²) in [6.07, 6.45) is 1.18. The van der Waals surface area contributed by atoms with E-state index in [0.717, 1.165) is 0 Å². The Morgan fingerprint density at radius 2 is 2.21 bits per heavy atom. The van der Waals surface area contributed by atoms with Crippen molar-refractivity contribution in [2.45, 2.75) is 0 Å². The summed E-state index contributed by atoms with van der Waals surface area (Å²) in [7, 11) is 0. The van der Waals surface area contributed by atoms with E-state index in [4.69, 9.17) is 5.26 Å². The van der Waals surface area contributed by atoms with E-state index in [9.17, 15) is 4.79 Å². The van der Waals surface area contributed by atoms with E-state index < -0.39 is 5.63 Å². The second-order valence-corrected chi connectivity index (χ2v) is 2.59. The molecule has 0 aliphatic rings. The Balaban J connectivity index is 2.63. The summed E-state index contributed by atoms with van der Waals surface area (Å²) in [5, 5.41) is 12.3. The van der Waals surface area contributed by atoms with Crippen LogP contribution < -0.4 is 15.6 Å². The fraction of sp³-hybridized carbons (Fsp3) is 0. The van der Waals surface area contributed by atoms with Crippen molar-refractivity contribution in [2.24, 2.45) is 0 Å². The van der Waals surface area contributed by atoms with Gasteiger partial charge in [0, 0.05) is 6.07 Å². The molecule has 14 heavy (non-hydrogen) atoms. The topological polar surface area (TPSA) is 72.0 Å². The minimum Gasteiger partial charge on any atom is -0.471 e. The lowest BCUT2D eigenvalue weighted by molar-refractivity contribution is -0.676. The molecule has 1 heterocycles. The van der Waals surface area contributed by atoms with Crippen LogP contribution >= 0.6 is 0 Å². The fourth-order valence-electron chi connectivity index (χ4n) is 1.11. The van der Waals surface area contributed by atoms with Gasteiger partial charge in [0.1, 0.15) is 11.6 Å². The van der Waals surface area contributed by atoms with Gasteiger partial charge in [0.2, 0.25) is 5.69 Å². The Kier molecular flexibility index (Phi) is 1.88. The molecule has 1 aromatic carbocycles. The SMILES string of the molecule is N#Cc1ccccc1-[n+]1cc(=O)o[n-]1. The van der Waals surface area contributed by atoms with E-state index in [1.165, 1.54) is 10.9 Å². The Bertz CT molecular complexity index is 547. The van der Waals surface area contributed by atoms with E-state index in [1.54, 1.807) is 24.3 Å². The maximum Gasteiger partial charge on any atom is 0.389 e. The van der Waals surface area contributed by atoms with Crippen molar-refractivity contribution in [3.63, 3.8) is 0 Å². The lowest BCUT2D eigenvalue weighted by Crippen LogP contribution is -2.35. The number of nitriles is 1. The van der Waals surface area contributed by atoms with Gasteiger partial charge in [-0.25, -0.2) is 14.7 Å². The number of nitrogens with zero attached hydrogens (tertiary/aromatic N) is 3. The summed E-state index contributed by atoms with van der Waals surface area (Å²) in [5.74, 6) is 0. The molecular weight excluding hydrogens is 182 g/mol. The Morgan fingerprint density at radius 3 is 2.86 bits per heavy atom. The smallest absolute Gasteiger partial charge is 0.389 e. The van der Waals surface area contributed by atoms with Crippen molar-refractivity contribution in [2.75, 3.05) is 0 Å². The van der Waals surface area contributed by atoms with E-state index >= 15 is 0 Å². The van der Waals surface area contributed by atoms with Crippen molar-refractivity contribution in [1.82, 2.24) is 5.27 Å². The summed E-state index contributed by atoms with van der Waals surface area (Å²) in [6, 6.07) is 8.81. The highest BCUT2D eigenvalue weighted by molar-refractivity contribution is 5.42. The monoisotopic (exact) mass is 187 g/mol. The van der Waals surface area contributed by atoms with Crippen LogP contribution in [0.1, 0.15) is 5.56 Å². The zero-order chi connectivity index (χ0) is 9.97. The molecule has 0 aliphatic carbocycles. The molecule has 0 atom stereocenters. The van der Waals surface area contributed by atoms with Crippen molar-refractivity contribution in [1.29, 1.82) is 5.26 Å². The van der Waals surface area contributed by atoms with Crippen molar-refractivity contribution < 1.29 is 9.20 Å². The van der Waals surface area contributed by atoms with Gasteiger partial charge in [0.15, 0.2) is 0 Å². The molecule has 1 aromatic heterocycles. The normalized spacial score (nSPS) is 9.64. The fourth-order valence-corrected chi connectivity index (χ4v) is 1.11. The van der Waals surface area contributed by atoms with Crippen LogP contribution in [0, 0.1) is 11.3 Å². The lowest BCUT2D eigenvalue weighted by atomic mass is 10.2. The van der Waals surface area contributed by atoms with Gasteiger partial charge in [-0.3, -0.25) is 0 Å². The predicted octanol–water partition coefficient (Wildman–Crippen LogP) is -0.255. The van der Waals surface area contributed by atoms with Crippen LogP contribution in [0.15, 0.2) is 39.8 Å². The van der Waals surface area contributed by atoms with Gasteiger partial charge >= 0.3 is 5.63 Å². The molecule has 0 saturated heterocycles. The third-order valence-corrected chi connectivity index (χ3v) is 1.72. The number of para-hydroxylation sites is 1. The molecule has 0 amide bonds. The Labute approximate surface area is 78.8 Å².